The van der Waals surface area contributed by atoms with Gasteiger partial charge in [-0.3, -0.25) is 9.59 Å². The van der Waals surface area contributed by atoms with Crippen molar-refractivity contribution in [2.24, 2.45) is 5.92 Å². The zero-order chi connectivity index (χ0) is 24.8. The highest BCUT2D eigenvalue weighted by Crippen LogP contribution is 2.25. The molecule has 0 radical (unpaired) electrons. The van der Waals surface area contributed by atoms with E-state index in [1.165, 1.54) is 4.31 Å². The molecule has 0 atom stereocenters. The first-order valence-corrected chi connectivity index (χ1v) is 14.6. The van der Waals surface area contributed by atoms with Gasteiger partial charge in [-0.15, -0.1) is 0 Å². The number of halogens is 1. The number of para-hydroxylation sites is 1. The Morgan fingerprint density at radius 1 is 0.886 bits per heavy atom. The standard InChI is InChI=1S/C26H32BrN3O4S/c27-22-11-9-20(10-12-22)19-35(33,34)30-17-13-21(14-18-30)25(31)28-24-8-4-3-7-23(24)26(32)29-15-5-1-2-6-16-29/h3-4,7-12,21H,1-2,5-6,13-19H2,(H,28,31). The molecular weight excluding hydrogens is 530 g/mol. The van der Waals surface area contributed by atoms with Crippen LogP contribution in [0.3, 0.4) is 0 Å². The smallest absolute Gasteiger partial charge is 0.255 e. The van der Waals surface area contributed by atoms with Gasteiger partial charge in [0.1, 0.15) is 0 Å². The minimum atomic E-state index is -3.45. The minimum absolute atomic E-state index is 0.0448. The average molecular weight is 563 g/mol. The molecule has 2 fully saturated rings. The lowest BCUT2D eigenvalue weighted by Gasteiger charge is -2.30. The molecule has 0 aromatic heterocycles. The van der Waals surface area contributed by atoms with Crippen LogP contribution in [0.1, 0.15) is 54.4 Å². The van der Waals surface area contributed by atoms with E-state index in [0.29, 0.717) is 37.2 Å². The van der Waals surface area contributed by atoms with Crippen LogP contribution in [0, 0.1) is 5.92 Å². The van der Waals surface area contributed by atoms with Crippen LogP contribution in [0.2, 0.25) is 0 Å². The summed E-state index contributed by atoms with van der Waals surface area (Å²) in [4.78, 5) is 28.1. The number of piperidine rings is 1. The number of carbonyl (C=O) groups is 2. The van der Waals surface area contributed by atoms with E-state index in [9.17, 15) is 18.0 Å². The molecule has 35 heavy (non-hydrogen) atoms. The van der Waals surface area contributed by atoms with Crippen LogP contribution < -0.4 is 5.32 Å². The van der Waals surface area contributed by atoms with E-state index < -0.39 is 10.0 Å². The second kappa shape index (κ2) is 11.7. The average Bonchev–Trinajstić information content (AvgIpc) is 3.15. The quantitative estimate of drug-likeness (QED) is 0.556. The fourth-order valence-electron chi connectivity index (χ4n) is 4.74. The molecular formula is C26H32BrN3O4S. The van der Waals surface area contributed by atoms with E-state index in [-0.39, 0.29) is 23.5 Å². The number of carbonyl (C=O) groups excluding carboxylic acids is 2. The van der Waals surface area contributed by atoms with Crippen LogP contribution >= 0.6 is 15.9 Å². The molecule has 2 aliphatic rings. The molecule has 2 aromatic rings. The molecule has 2 amide bonds. The molecule has 0 spiro atoms. The van der Waals surface area contributed by atoms with Gasteiger partial charge >= 0.3 is 0 Å². The zero-order valence-corrected chi connectivity index (χ0v) is 22.2. The van der Waals surface area contributed by atoms with Gasteiger partial charge in [-0.1, -0.05) is 53.0 Å². The summed E-state index contributed by atoms with van der Waals surface area (Å²) < 4.78 is 28.1. The summed E-state index contributed by atoms with van der Waals surface area (Å²) in [5.74, 6) is -0.554. The van der Waals surface area contributed by atoms with Gasteiger partial charge in [-0.05, 0) is 55.5 Å². The molecule has 4 rings (SSSR count). The second-order valence-electron chi connectivity index (χ2n) is 9.30. The summed E-state index contributed by atoms with van der Waals surface area (Å²) >= 11 is 3.36. The Balaban J connectivity index is 1.35. The van der Waals surface area contributed by atoms with Crippen molar-refractivity contribution in [1.29, 1.82) is 0 Å². The molecule has 188 valence electrons. The molecule has 2 aliphatic heterocycles. The molecule has 0 aliphatic carbocycles. The number of likely N-dealkylation sites (tertiary alicyclic amines) is 1. The van der Waals surface area contributed by atoms with Crippen molar-refractivity contribution < 1.29 is 18.0 Å². The first-order chi connectivity index (χ1) is 16.8. The maximum Gasteiger partial charge on any atom is 0.255 e. The monoisotopic (exact) mass is 561 g/mol. The van der Waals surface area contributed by atoms with Crippen molar-refractivity contribution in [2.45, 2.75) is 44.3 Å². The Morgan fingerprint density at radius 2 is 1.51 bits per heavy atom. The number of hydrogen-bond donors (Lipinski definition) is 1. The van der Waals surface area contributed by atoms with Gasteiger partial charge < -0.3 is 10.2 Å². The van der Waals surface area contributed by atoms with E-state index in [4.69, 9.17) is 0 Å². The van der Waals surface area contributed by atoms with Gasteiger partial charge in [-0.2, -0.15) is 0 Å². The van der Waals surface area contributed by atoms with Crippen molar-refractivity contribution in [3.63, 3.8) is 0 Å². The Morgan fingerprint density at radius 3 is 2.17 bits per heavy atom. The first kappa shape index (κ1) is 25.9. The number of amides is 2. The summed E-state index contributed by atoms with van der Waals surface area (Å²) in [7, 11) is -3.45. The number of hydrogen-bond acceptors (Lipinski definition) is 4. The van der Waals surface area contributed by atoms with E-state index in [1.54, 1.807) is 24.3 Å². The zero-order valence-electron chi connectivity index (χ0n) is 19.8. The number of nitrogens with zero attached hydrogens (tertiary/aromatic N) is 2. The van der Waals surface area contributed by atoms with Gasteiger partial charge in [0, 0.05) is 36.6 Å². The van der Waals surface area contributed by atoms with Gasteiger partial charge in [0.25, 0.3) is 5.91 Å². The summed E-state index contributed by atoms with van der Waals surface area (Å²) in [6.45, 7) is 2.11. The SMILES string of the molecule is O=C(Nc1ccccc1C(=O)N1CCCCCC1)C1CCN(S(=O)(=O)Cc2ccc(Br)cc2)CC1. The minimum Gasteiger partial charge on any atom is -0.339 e. The lowest BCUT2D eigenvalue weighted by atomic mass is 9.97. The lowest BCUT2D eigenvalue weighted by Crippen LogP contribution is -2.42. The molecule has 1 N–H and O–H groups in total. The Labute approximate surface area is 216 Å². The number of anilines is 1. The summed E-state index contributed by atoms with van der Waals surface area (Å²) in [6.07, 6.45) is 5.19. The Bertz CT molecular complexity index is 1140. The molecule has 0 unspecified atom stereocenters. The summed E-state index contributed by atoms with van der Waals surface area (Å²) in [5.41, 5.74) is 1.77. The van der Waals surface area contributed by atoms with E-state index in [1.807, 2.05) is 29.2 Å². The van der Waals surface area contributed by atoms with Crippen LogP contribution in [0.5, 0.6) is 0 Å². The van der Waals surface area contributed by atoms with Crippen LogP contribution in [0.25, 0.3) is 0 Å². The van der Waals surface area contributed by atoms with E-state index >= 15 is 0 Å². The lowest BCUT2D eigenvalue weighted by molar-refractivity contribution is -0.120. The van der Waals surface area contributed by atoms with Crippen molar-refractivity contribution in [3.05, 3.63) is 64.1 Å². The van der Waals surface area contributed by atoms with Gasteiger partial charge in [0.15, 0.2) is 0 Å². The fraction of sp³-hybridized carbons (Fsp3) is 0.462. The van der Waals surface area contributed by atoms with Crippen molar-refractivity contribution >= 4 is 43.5 Å². The number of rotatable bonds is 6. The van der Waals surface area contributed by atoms with Gasteiger partial charge in [-0.25, -0.2) is 12.7 Å². The van der Waals surface area contributed by atoms with Crippen LogP contribution in [0.15, 0.2) is 53.0 Å². The Kier molecular flexibility index (Phi) is 8.62. The first-order valence-electron chi connectivity index (χ1n) is 12.2. The summed E-state index contributed by atoms with van der Waals surface area (Å²) in [6, 6.07) is 14.4. The highest BCUT2D eigenvalue weighted by Gasteiger charge is 2.32. The predicted octanol–water partition coefficient (Wildman–Crippen LogP) is 4.65. The van der Waals surface area contributed by atoms with Gasteiger partial charge in [0.2, 0.25) is 15.9 Å². The van der Waals surface area contributed by atoms with E-state index in [2.05, 4.69) is 21.2 Å². The fourth-order valence-corrected chi connectivity index (χ4v) is 6.56. The third-order valence-electron chi connectivity index (χ3n) is 6.79. The third-order valence-corrected chi connectivity index (χ3v) is 9.17. The summed E-state index contributed by atoms with van der Waals surface area (Å²) in [5, 5.41) is 2.96. The largest absolute Gasteiger partial charge is 0.339 e. The molecule has 2 heterocycles. The van der Waals surface area contributed by atoms with Gasteiger partial charge in [0.05, 0.1) is 17.0 Å². The Hall–Kier alpha value is -2.23. The molecule has 7 nitrogen and oxygen atoms in total. The third kappa shape index (κ3) is 6.71. The maximum atomic E-state index is 13.2. The van der Waals surface area contributed by atoms with Crippen molar-refractivity contribution in [1.82, 2.24) is 9.21 Å². The highest BCUT2D eigenvalue weighted by molar-refractivity contribution is 9.10. The molecule has 2 saturated heterocycles. The van der Waals surface area contributed by atoms with Crippen LogP contribution in [-0.2, 0) is 20.6 Å². The molecule has 9 heteroatoms. The maximum absolute atomic E-state index is 13.2. The highest BCUT2D eigenvalue weighted by atomic mass is 79.9. The molecule has 0 bridgehead atoms. The topological polar surface area (TPSA) is 86.8 Å². The second-order valence-corrected chi connectivity index (χ2v) is 12.2. The van der Waals surface area contributed by atoms with Crippen LogP contribution in [0.4, 0.5) is 5.69 Å². The normalized spacial score (nSPS) is 18.1. The van der Waals surface area contributed by atoms with Crippen LogP contribution in [-0.4, -0.2) is 55.6 Å². The number of nitrogens with one attached hydrogen (secondary N) is 1. The van der Waals surface area contributed by atoms with Crippen molar-refractivity contribution in [3.8, 4) is 0 Å². The number of benzene rings is 2. The predicted molar refractivity (Wildman–Crippen MR) is 141 cm³/mol. The molecule has 0 saturated carbocycles. The van der Waals surface area contributed by atoms with E-state index in [0.717, 1.165) is 48.8 Å². The number of sulfonamides is 1. The molecule has 2 aromatic carbocycles. The van der Waals surface area contributed by atoms with Crippen molar-refractivity contribution in [2.75, 3.05) is 31.5 Å².